The molecule has 0 aromatic heterocycles. The van der Waals surface area contributed by atoms with Crippen LogP contribution in [0.15, 0.2) is 53.4 Å². The van der Waals surface area contributed by atoms with Gasteiger partial charge in [-0.3, -0.25) is 0 Å². The van der Waals surface area contributed by atoms with Crippen molar-refractivity contribution in [1.82, 2.24) is 4.31 Å². The summed E-state index contributed by atoms with van der Waals surface area (Å²) < 4.78 is 33.2. The second-order valence-electron chi connectivity index (χ2n) is 6.56. The fraction of sp³-hybridized carbons (Fsp3) is 0.368. The van der Waals surface area contributed by atoms with E-state index in [4.69, 9.17) is 16.3 Å². The molecule has 0 saturated carbocycles. The second kappa shape index (κ2) is 7.47. The molecule has 0 bridgehead atoms. The minimum atomic E-state index is -3.70. The molecule has 1 saturated heterocycles. The molecule has 3 rings (SSSR count). The minimum absolute atomic E-state index is 0.0427. The fourth-order valence-electron chi connectivity index (χ4n) is 3.57. The molecule has 0 aliphatic carbocycles. The van der Waals surface area contributed by atoms with Crippen LogP contribution in [0, 0.1) is 0 Å². The van der Waals surface area contributed by atoms with Crippen molar-refractivity contribution in [3.63, 3.8) is 0 Å². The number of sulfonamides is 1. The van der Waals surface area contributed by atoms with Gasteiger partial charge in [0.25, 0.3) is 0 Å². The zero-order chi connectivity index (χ0) is 18.9. The van der Waals surface area contributed by atoms with Crippen molar-refractivity contribution in [2.24, 2.45) is 0 Å². The molecule has 0 amide bonds. The lowest BCUT2D eigenvalue weighted by Crippen LogP contribution is -2.58. The van der Waals surface area contributed by atoms with E-state index >= 15 is 0 Å². The molecule has 1 fully saturated rings. The summed E-state index contributed by atoms with van der Waals surface area (Å²) in [4.78, 5) is 2.38. The number of methoxy groups -OCH3 is 1. The van der Waals surface area contributed by atoms with Crippen molar-refractivity contribution >= 4 is 27.3 Å². The Kier molecular flexibility index (Phi) is 5.46. The van der Waals surface area contributed by atoms with Gasteiger partial charge in [-0.25, -0.2) is 8.42 Å². The maximum absolute atomic E-state index is 13.2. The molecule has 2 atom stereocenters. The molecule has 1 aliphatic heterocycles. The molecule has 0 spiro atoms. The van der Waals surface area contributed by atoms with Gasteiger partial charge >= 0.3 is 0 Å². The summed E-state index contributed by atoms with van der Waals surface area (Å²) >= 11 is 6.03. The van der Waals surface area contributed by atoms with Crippen LogP contribution < -0.4 is 9.64 Å². The Balaban J connectivity index is 1.91. The van der Waals surface area contributed by atoms with Crippen LogP contribution >= 0.6 is 11.6 Å². The first kappa shape index (κ1) is 19.0. The molecular weight excluding hydrogens is 372 g/mol. The third-order valence-electron chi connectivity index (χ3n) is 4.68. The number of hydrogen-bond acceptors (Lipinski definition) is 4. The van der Waals surface area contributed by atoms with Crippen molar-refractivity contribution in [2.75, 3.05) is 25.1 Å². The maximum Gasteiger partial charge on any atom is 0.246 e. The van der Waals surface area contributed by atoms with Crippen molar-refractivity contribution in [1.29, 1.82) is 0 Å². The number of ether oxygens (including phenoxy) is 1. The van der Waals surface area contributed by atoms with Gasteiger partial charge in [0.1, 0.15) is 10.6 Å². The fourth-order valence-corrected chi connectivity index (χ4v) is 5.59. The summed E-state index contributed by atoms with van der Waals surface area (Å²) in [6.45, 7) is 4.88. The largest absolute Gasteiger partial charge is 0.495 e. The number of anilines is 1. The first-order chi connectivity index (χ1) is 12.3. The predicted molar refractivity (Wildman–Crippen MR) is 105 cm³/mol. The van der Waals surface area contributed by atoms with Gasteiger partial charge in [0.2, 0.25) is 10.0 Å². The third-order valence-corrected chi connectivity index (χ3v) is 6.77. The predicted octanol–water partition coefficient (Wildman–Crippen LogP) is 3.64. The van der Waals surface area contributed by atoms with Gasteiger partial charge in [-0.05, 0) is 44.2 Å². The Labute approximate surface area is 160 Å². The summed E-state index contributed by atoms with van der Waals surface area (Å²) in [5, 5.41) is 0.369. The van der Waals surface area contributed by atoms with E-state index in [0.717, 1.165) is 5.69 Å². The third kappa shape index (κ3) is 3.54. The second-order valence-corrected chi connectivity index (χ2v) is 8.90. The summed E-state index contributed by atoms with van der Waals surface area (Å²) in [6, 6.07) is 14.8. The summed E-state index contributed by atoms with van der Waals surface area (Å²) in [5.41, 5.74) is 1.10. The Bertz CT molecular complexity index is 862. The Hall–Kier alpha value is -1.76. The van der Waals surface area contributed by atoms with Crippen LogP contribution in [0.25, 0.3) is 0 Å². The highest BCUT2D eigenvalue weighted by Crippen LogP contribution is 2.32. The molecule has 7 heteroatoms. The Morgan fingerprint density at radius 3 is 2.23 bits per heavy atom. The van der Waals surface area contributed by atoms with Crippen LogP contribution in [0.2, 0.25) is 5.02 Å². The molecule has 2 unspecified atom stereocenters. The van der Waals surface area contributed by atoms with Crippen LogP contribution in [0.3, 0.4) is 0 Å². The molecule has 2 aromatic rings. The topological polar surface area (TPSA) is 49.9 Å². The number of rotatable bonds is 4. The molecule has 0 N–H and O–H groups in total. The van der Waals surface area contributed by atoms with Gasteiger partial charge in [-0.2, -0.15) is 4.31 Å². The molecule has 1 aliphatic rings. The molecule has 140 valence electrons. The number of halogens is 1. The number of hydrogen-bond donors (Lipinski definition) is 0. The van der Waals surface area contributed by atoms with E-state index in [1.807, 2.05) is 32.0 Å². The van der Waals surface area contributed by atoms with Crippen LogP contribution in [-0.2, 0) is 10.0 Å². The number of para-hydroxylation sites is 1. The average molecular weight is 395 g/mol. The molecule has 1 heterocycles. The maximum atomic E-state index is 13.2. The van der Waals surface area contributed by atoms with E-state index in [1.54, 1.807) is 12.1 Å². The Morgan fingerprint density at radius 1 is 1.04 bits per heavy atom. The number of piperazine rings is 1. The minimum Gasteiger partial charge on any atom is -0.495 e. The first-order valence-corrected chi connectivity index (χ1v) is 10.3. The molecule has 26 heavy (non-hydrogen) atoms. The van der Waals surface area contributed by atoms with E-state index in [2.05, 4.69) is 17.0 Å². The average Bonchev–Trinajstić information content (AvgIpc) is 2.62. The Morgan fingerprint density at radius 2 is 1.65 bits per heavy atom. The molecule has 2 aromatic carbocycles. The molecular formula is C19H23ClN2O3S. The monoisotopic (exact) mass is 394 g/mol. The van der Waals surface area contributed by atoms with Crippen LogP contribution in [0.5, 0.6) is 5.75 Å². The van der Waals surface area contributed by atoms with Crippen molar-refractivity contribution in [3.8, 4) is 5.75 Å². The van der Waals surface area contributed by atoms with Crippen LogP contribution in [0.1, 0.15) is 13.8 Å². The first-order valence-electron chi connectivity index (χ1n) is 8.51. The van der Waals surface area contributed by atoms with Gasteiger partial charge in [-0.15, -0.1) is 0 Å². The van der Waals surface area contributed by atoms with Gasteiger partial charge in [0.15, 0.2) is 0 Å². The molecule has 5 nitrogen and oxygen atoms in total. The van der Waals surface area contributed by atoms with Gasteiger partial charge < -0.3 is 9.64 Å². The highest BCUT2D eigenvalue weighted by atomic mass is 35.5. The smallest absolute Gasteiger partial charge is 0.246 e. The van der Waals surface area contributed by atoms with Gasteiger partial charge in [0, 0.05) is 35.9 Å². The van der Waals surface area contributed by atoms with Crippen LogP contribution in [-0.4, -0.2) is 45.0 Å². The van der Waals surface area contributed by atoms with Crippen LogP contribution in [0.4, 0.5) is 5.69 Å². The van der Waals surface area contributed by atoms with E-state index < -0.39 is 10.0 Å². The quantitative estimate of drug-likeness (QED) is 0.794. The van der Waals surface area contributed by atoms with Gasteiger partial charge in [-0.1, -0.05) is 29.8 Å². The van der Waals surface area contributed by atoms with Crippen molar-refractivity contribution in [3.05, 3.63) is 53.6 Å². The van der Waals surface area contributed by atoms with Gasteiger partial charge in [0.05, 0.1) is 7.11 Å². The summed E-state index contributed by atoms with van der Waals surface area (Å²) in [6.07, 6.45) is 0. The van der Waals surface area contributed by atoms with E-state index in [-0.39, 0.29) is 17.0 Å². The van der Waals surface area contributed by atoms with E-state index in [1.165, 1.54) is 17.5 Å². The standard InChI is InChI=1S/C19H23ClN2O3S/c1-14-12-21(13-15(2)22(14)17-7-5-4-6-8-17)26(23,24)19-11-16(20)9-10-18(19)25-3/h4-11,14-15H,12-13H2,1-3H3. The zero-order valence-electron chi connectivity index (χ0n) is 15.1. The SMILES string of the molecule is COc1ccc(Cl)cc1S(=O)(=O)N1CC(C)N(c2ccccc2)C(C)C1. The number of nitrogens with zero attached hydrogens (tertiary/aromatic N) is 2. The van der Waals surface area contributed by atoms with E-state index in [0.29, 0.717) is 23.9 Å². The lowest BCUT2D eigenvalue weighted by Gasteiger charge is -2.45. The van der Waals surface area contributed by atoms with E-state index in [9.17, 15) is 8.42 Å². The lowest BCUT2D eigenvalue weighted by atomic mass is 10.1. The summed E-state index contributed by atoms with van der Waals surface area (Å²) in [5.74, 6) is 0.306. The summed E-state index contributed by atoms with van der Waals surface area (Å²) in [7, 11) is -2.24. The highest BCUT2D eigenvalue weighted by molar-refractivity contribution is 7.89. The molecule has 0 radical (unpaired) electrons. The number of benzene rings is 2. The van der Waals surface area contributed by atoms with Crippen molar-refractivity contribution < 1.29 is 13.2 Å². The normalized spacial score (nSPS) is 21.6. The van der Waals surface area contributed by atoms with Crippen molar-refractivity contribution in [2.45, 2.75) is 30.8 Å². The highest BCUT2D eigenvalue weighted by Gasteiger charge is 2.37. The zero-order valence-corrected chi connectivity index (χ0v) is 16.7. The lowest BCUT2D eigenvalue weighted by molar-refractivity contribution is 0.300.